The monoisotopic (exact) mass is 377 g/mol. The van der Waals surface area contributed by atoms with Crippen molar-refractivity contribution in [2.75, 3.05) is 25.6 Å². The van der Waals surface area contributed by atoms with Crippen LogP contribution < -0.4 is 10.2 Å². The molecule has 1 amide bonds. The van der Waals surface area contributed by atoms with E-state index in [-0.39, 0.29) is 5.57 Å². The van der Waals surface area contributed by atoms with E-state index in [1.807, 2.05) is 68.4 Å². The fourth-order valence-corrected chi connectivity index (χ4v) is 2.34. The maximum absolute atomic E-state index is 12.0. The Balaban J connectivity index is 1.84. The zero-order chi connectivity index (χ0) is 20.5. The van der Waals surface area contributed by atoms with Crippen LogP contribution >= 0.6 is 0 Å². The average Bonchev–Trinajstić information content (AvgIpc) is 2.70. The molecule has 0 atom stereocenters. The highest BCUT2D eigenvalue weighted by atomic mass is 16.5. The molecule has 2 aromatic rings. The highest BCUT2D eigenvalue weighted by molar-refractivity contribution is 5.98. The number of ether oxygens (including phenoxy) is 1. The smallest absolute Gasteiger partial charge is 0.349 e. The lowest BCUT2D eigenvalue weighted by molar-refractivity contribution is -0.144. The fourth-order valence-electron chi connectivity index (χ4n) is 2.34. The summed E-state index contributed by atoms with van der Waals surface area (Å²) in [5.74, 6) is -1.26. The molecule has 28 heavy (non-hydrogen) atoms. The van der Waals surface area contributed by atoms with Crippen LogP contribution in [0.5, 0.6) is 0 Å². The van der Waals surface area contributed by atoms with E-state index in [1.165, 1.54) is 6.08 Å². The van der Waals surface area contributed by atoms with Crippen LogP contribution in [0.25, 0.3) is 6.08 Å². The van der Waals surface area contributed by atoms with Gasteiger partial charge in [-0.15, -0.1) is 0 Å². The molecule has 0 aromatic heterocycles. The lowest BCUT2D eigenvalue weighted by Gasteiger charge is -2.13. The number of esters is 1. The van der Waals surface area contributed by atoms with Gasteiger partial charge in [0, 0.05) is 26.3 Å². The Labute approximate surface area is 165 Å². The van der Waals surface area contributed by atoms with Crippen LogP contribution in [0.1, 0.15) is 16.7 Å². The first-order valence-corrected chi connectivity index (χ1v) is 8.77. The molecular weight excluding hydrogens is 354 g/mol. The van der Waals surface area contributed by atoms with Crippen molar-refractivity contribution in [3.05, 3.63) is 70.8 Å². The number of nitriles is 1. The van der Waals surface area contributed by atoms with Crippen LogP contribution in [0.2, 0.25) is 0 Å². The van der Waals surface area contributed by atoms with Crippen molar-refractivity contribution < 1.29 is 14.3 Å². The van der Waals surface area contributed by atoms with Crippen LogP contribution in [0, 0.1) is 18.3 Å². The molecule has 0 spiro atoms. The van der Waals surface area contributed by atoms with Crippen LogP contribution in [-0.4, -0.2) is 32.6 Å². The minimum absolute atomic E-state index is 0.157. The summed E-state index contributed by atoms with van der Waals surface area (Å²) in [5.41, 5.74) is 3.63. The quantitative estimate of drug-likeness (QED) is 0.456. The number of nitrogens with one attached hydrogen (secondary N) is 1. The number of nitrogens with zero attached hydrogens (tertiary/aromatic N) is 2. The van der Waals surface area contributed by atoms with Crippen molar-refractivity contribution in [2.24, 2.45) is 0 Å². The summed E-state index contributed by atoms with van der Waals surface area (Å²) in [6.07, 6.45) is 1.44. The third-order valence-electron chi connectivity index (χ3n) is 4.01. The first-order valence-electron chi connectivity index (χ1n) is 8.77. The molecule has 1 N–H and O–H groups in total. The summed E-state index contributed by atoms with van der Waals surface area (Å²) in [6, 6.07) is 16.9. The highest BCUT2D eigenvalue weighted by Crippen LogP contribution is 2.12. The third kappa shape index (κ3) is 6.29. The van der Waals surface area contributed by atoms with Gasteiger partial charge in [0.1, 0.15) is 11.6 Å². The molecule has 2 aromatic carbocycles. The van der Waals surface area contributed by atoms with Gasteiger partial charge in [0.05, 0.1) is 0 Å². The topological polar surface area (TPSA) is 82.4 Å². The third-order valence-corrected chi connectivity index (χ3v) is 4.01. The predicted octanol–water partition coefficient (Wildman–Crippen LogP) is 2.83. The number of hydrogen-bond donors (Lipinski definition) is 1. The number of benzene rings is 2. The lowest BCUT2D eigenvalue weighted by atomic mass is 10.1. The second-order valence-electron chi connectivity index (χ2n) is 6.49. The molecule has 0 saturated carbocycles. The van der Waals surface area contributed by atoms with Gasteiger partial charge in [0.2, 0.25) is 0 Å². The van der Waals surface area contributed by atoms with Gasteiger partial charge in [-0.2, -0.15) is 5.26 Å². The standard InChI is InChI=1S/C22H23N3O3/c1-16-4-6-17(7-5-16)12-19(13-23)22(27)28-15-21(26)24-14-18-8-10-20(11-9-18)25(2)3/h4-12H,14-15H2,1-3H3,(H,24,26)/b19-12+. The summed E-state index contributed by atoms with van der Waals surface area (Å²) in [5, 5.41) is 11.9. The van der Waals surface area contributed by atoms with Crippen LogP contribution in [-0.2, 0) is 20.9 Å². The molecule has 6 nitrogen and oxygen atoms in total. The first kappa shape index (κ1) is 20.7. The van der Waals surface area contributed by atoms with Gasteiger partial charge < -0.3 is 15.0 Å². The molecule has 0 aliphatic heterocycles. The van der Waals surface area contributed by atoms with E-state index >= 15 is 0 Å². The van der Waals surface area contributed by atoms with Crippen LogP contribution in [0.15, 0.2) is 54.1 Å². The Hall–Kier alpha value is -3.59. The molecule has 0 unspecified atom stereocenters. The van der Waals surface area contributed by atoms with E-state index in [4.69, 9.17) is 10.00 Å². The summed E-state index contributed by atoms with van der Waals surface area (Å²) >= 11 is 0. The van der Waals surface area contributed by atoms with E-state index in [0.717, 1.165) is 16.8 Å². The minimum atomic E-state index is -0.825. The summed E-state index contributed by atoms with van der Waals surface area (Å²) in [6.45, 7) is 1.83. The summed E-state index contributed by atoms with van der Waals surface area (Å²) in [7, 11) is 3.90. The van der Waals surface area contributed by atoms with Gasteiger partial charge in [-0.25, -0.2) is 4.79 Å². The van der Waals surface area contributed by atoms with Crippen molar-refractivity contribution in [2.45, 2.75) is 13.5 Å². The van der Waals surface area contributed by atoms with Crippen LogP contribution in [0.3, 0.4) is 0 Å². The Morgan fingerprint density at radius 3 is 2.32 bits per heavy atom. The first-order chi connectivity index (χ1) is 13.4. The number of hydrogen-bond acceptors (Lipinski definition) is 5. The van der Waals surface area contributed by atoms with Gasteiger partial charge in [0.25, 0.3) is 5.91 Å². The van der Waals surface area contributed by atoms with E-state index < -0.39 is 18.5 Å². The van der Waals surface area contributed by atoms with Crippen molar-refractivity contribution in [3.63, 3.8) is 0 Å². The molecule has 144 valence electrons. The minimum Gasteiger partial charge on any atom is -0.451 e. The highest BCUT2D eigenvalue weighted by Gasteiger charge is 2.13. The van der Waals surface area contributed by atoms with E-state index in [2.05, 4.69) is 5.32 Å². The second kappa shape index (κ2) is 9.93. The molecule has 0 radical (unpaired) electrons. The molecule has 0 heterocycles. The van der Waals surface area contributed by atoms with Gasteiger partial charge >= 0.3 is 5.97 Å². The van der Waals surface area contributed by atoms with Crippen molar-refractivity contribution in [1.29, 1.82) is 5.26 Å². The average molecular weight is 377 g/mol. The number of anilines is 1. The number of aryl methyl sites for hydroxylation is 1. The van der Waals surface area contributed by atoms with E-state index in [1.54, 1.807) is 12.1 Å². The summed E-state index contributed by atoms with van der Waals surface area (Å²) < 4.78 is 4.94. The van der Waals surface area contributed by atoms with E-state index in [0.29, 0.717) is 12.1 Å². The number of amides is 1. The molecule has 6 heteroatoms. The SMILES string of the molecule is Cc1ccc(/C=C(\C#N)C(=O)OCC(=O)NCc2ccc(N(C)C)cc2)cc1. The van der Waals surface area contributed by atoms with Crippen LogP contribution in [0.4, 0.5) is 5.69 Å². The molecule has 0 fully saturated rings. The van der Waals surface area contributed by atoms with Gasteiger partial charge in [0.15, 0.2) is 6.61 Å². The zero-order valence-corrected chi connectivity index (χ0v) is 16.2. The largest absolute Gasteiger partial charge is 0.451 e. The molecular formula is C22H23N3O3. The number of rotatable bonds is 7. The molecule has 0 bridgehead atoms. The van der Waals surface area contributed by atoms with E-state index in [9.17, 15) is 9.59 Å². The predicted molar refractivity (Wildman–Crippen MR) is 108 cm³/mol. The van der Waals surface area contributed by atoms with Gasteiger partial charge in [-0.1, -0.05) is 42.0 Å². The molecule has 2 rings (SSSR count). The Morgan fingerprint density at radius 2 is 1.75 bits per heavy atom. The summed E-state index contributed by atoms with van der Waals surface area (Å²) in [4.78, 5) is 25.9. The molecule has 0 aliphatic carbocycles. The molecule has 0 saturated heterocycles. The van der Waals surface area contributed by atoms with Crippen molar-refractivity contribution in [1.82, 2.24) is 5.32 Å². The fraction of sp³-hybridized carbons (Fsp3) is 0.227. The second-order valence-corrected chi connectivity index (χ2v) is 6.49. The number of carbonyl (C=O) groups excluding carboxylic acids is 2. The number of carbonyl (C=O) groups is 2. The van der Waals surface area contributed by atoms with Gasteiger partial charge in [-0.3, -0.25) is 4.79 Å². The Morgan fingerprint density at radius 1 is 1.11 bits per heavy atom. The van der Waals surface area contributed by atoms with Crippen molar-refractivity contribution in [3.8, 4) is 6.07 Å². The Kier molecular flexibility index (Phi) is 7.35. The lowest BCUT2D eigenvalue weighted by Crippen LogP contribution is -2.28. The van der Waals surface area contributed by atoms with Gasteiger partial charge in [-0.05, 0) is 36.3 Å². The van der Waals surface area contributed by atoms with Crippen molar-refractivity contribution >= 4 is 23.6 Å². The maximum atomic E-state index is 12.0. The molecule has 0 aliphatic rings. The maximum Gasteiger partial charge on any atom is 0.349 e. The normalized spacial score (nSPS) is 10.7. The Bertz CT molecular complexity index is 892. The zero-order valence-electron chi connectivity index (χ0n) is 16.2.